The summed E-state index contributed by atoms with van der Waals surface area (Å²) in [6, 6.07) is 15.2. The van der Waals surface area contributed by atoms with Gasteiger partial charge in [0.05, 0.1) is 25.0 Å². The van der Waals surface area contributed by atoms with Gasteiger partial charge < -0.3 is 15.1 Å². The molecule has 0 fully saturated rings. The Bertz CT molecular complexity index is 1010. The highest BCUT2D eigenvalue weighted by Gasteiger charge is 2.10. The van der Waals surface area contributed by atoms with Crippen LogP contribution in [-0.4, -0.2) is 32.0 Å². The number of fused-ring (bicyclic) bond motifs is 1. The van der Waals surface area contributed by atoms with Crippen LogP contribution in [0.4, 0.5) is 5.82 Å². The molecule has 3 heterocycles. The third kappa shape index (κ3) is 3.39. The number of anilines is 1. The molecular weight excluding hydrogens is 332 g/mol. The number of hydrogen-bond donors (Lipinski definition) is 2. The molecule has 1 aromatic carbocycles. The van der Waals surface area contributed by atoms with Crippen LogP contribution in [0.2, 0.25) is 0 Å². The summed E-state index contributed by atoms with van der Waals surface area (Å²) in [5, 5.41) is 10.0. The SMILES string of the molecule is O=C(CNc1cc(-c2ccccc2)nc2ncnn12)NCc1ccco1. The Morgan fingerprint density at radius 3 is 2.85 bits per heavy atom. The van der Waals surface area contributed by atoms with E-state index in [0.717, 1.165) is 11.3 Å². The van der Waals surface area contributed by atoms with E-state index in [1.54, 1.807) is 16.8 Å². The molecule has 3 aromatic heterocycles. The molecule has 0 aliphatic rings. The minimum absolute atomic E-state index is 0.0912. The molecule has 0 atom stereocenters. The molecule has 0 aliphatic carbocycles. The number of nitrogens with one attached hydrogen (secondary N) is 2. The summed E-state index contributed by atoms with van der Waals surface area (Å²) in [5.74, 6) is 1.64. The molecule has 4 rings (SSSR count). The topological polar surface area (TPSA) is 97.4 Å². The number of furan rings is 1. The quantitative estimate of drug-likeness (QED) is 0.554. The van der Waals surface area contributed by atoms with Crippen LogP contribution in [0.5, 0.6) is 0 Å². The first-order valence-corrected chi connectivity index (χ1v) is 8.09. The number of aromatic nitrogens is 4. The summed E-state index contributed by atoms with van der Waals surface area (Å²) in [5.41, 5.74) is 1.72. The summed E-state index contributed by atoms with van der Waals surface area (Å²) >= 11 is 0. The fourth-order valence-electron chi connectivity index (χ4n) is 2.53. The maximum absolute atomic E-state index is 12.1. The third-order valence-corrected chi connectivity index (χ3v) is 3.79. The fourth-order valence-corrected chi connectivity index (χ4v) is 2.53. The van der Waals surface area contributed by atoms with E-state index in [1.807, 2.05) is 42.5 Å². The summed E-state index contributed by atoms with van der Waals surface area (Å²) in [6.07, 6.45) is 3.00. The molecular formula is C18H16N6O2. The van der Waals surface area contributed by atoms with Crippen LogP contribution in [0.1, 0.15) is 5.76 Å². The standard InChI is InChI=1S/C18H16N6O2/c25-17(20-10-14-7-4-8-26-14)11-19-16-9-15(13-5-2-1-3-6-13)23-18-21-12-22-24(16)18/h1-9,12,19H,10-11H2,(H,20,25). The number of carbonyl (C=O) groups is 1. The van der Waals surface area contributed by atoms with E-state index in [9.17, 15) is 4.79 Å². The van der Waals surface area contributed by atoms with E-state index in [2.05, 4.69) is 25.7 Å². The maximum atomic E-state index is 12.1. The van der Waals surface area contributed by atoms with Crippen LogP contribution in [-0.2, 0) is 11.3 Å². The first-order chi connectivity index (χ1) is 12.8. The van der Waals surface area contributed by atoms with Gasteiger partial charge in [0.15, 0.2) is 0 Å². The van der Waals surface area contributed by atoms with Gasteiger partial charge in [-0.3, -0.25) is 4.79 Å². The monoisotopic (exact) mass is 348 g/mol. The van der Waals surface area contributed by atoms with Crippen LogP contribution in [0.15, 0.2) is 65.5 Å². The smallest absolute Gasteiger partial charge is 0.254 e. The molecule has 0 saturated heterocycles. The summed E-state index contributed by atoms with van der Waals surface area (Å²) in [4.78, 5) is 20.7. The zero-order valence-corrected chi connectivity index (χ0v) is 13.8. The zero-order chi connectivity index (χ0) is 17.8. The van der Waals surface area contributed by atoms with Gasteiger partial charge in [0.2, 0.25) is 5.91 Å². The van der Waals surface area contributed by atoms with E-state index >= 15 is 0 Å². The highest BCUT2D eigenvalue weighted by Crippen LogP contribution is 2.20. The number of carbonyl (C=O) groups excluding carboxylic acids is 1. The van der Waals surface area contributed by atoms with E-state index < -0.39 is 0 Å². The largest absolute Gasteiger partial charge is 0.467 e. The van der Waals surface area contributed by atoms with E-state index in [4.69, 9.17) is 4.42 Å². The van der Waals surface area contributed by atoms with Gasteiger partial charge in [0, 0.05) is 11.6 Å². The van der Waals surface area contributed by atoms with Gasteiger partial charge in [0.1, 0.15) is 17.9 Å². The number of hydrogen-bond acceptors (Lipinski definition) is 6. The molecule has 8 nitrogen and oxygen atoms in total. The van der Waals surface area contributed by atoms with Gasteiger partial charge in [-0.1, -0.05) is 30.3 Å². The second kappa shape index (κ2) is 7.06. The lowest BCUT2D eigenvalue weighted by Gasteiger charge is -2.10. The van der Waals surface area contributed by atoms with Crippen LogP contribution in [0, 0.1) is 0 Å². The molecule has 2 N–H and O–H groups in total. The van der Waals surface area contributed by atoms with Crippen molar-refractivity contribution in [1.82, 2.24) is 24.9 Å². The molecule has 4 aromatic rings. The average Bonchev–Trinajstić information content (AvgIpc) is 3.36. The molecule has 8 heteroatoms. The third-order valence-electron chi connectivity index (χ3n) is 3.79. The Morgan fingerprint density at radius 1 is 1.15 bits per heavy atom. The second-order valence-electron chi connectivity index (χ2n) is 5.57. The van der Waals surface area contributed by atoms with Gasteiger partial charge in [-0.05, 0) is 12.1 Å². The van der Waals surface area contributed by atoms with Crippen LogP contribution in [0.3, 0.4) is 0 Å². The maximum Gasteiger partial charge on any atom is 0.254 e. The van der Waals surface area contributed by atoms with Gasteiger partial charge in [-0.15, -0.1) is 0 Å². The minimum atomic E-state index is -0.160. The van der Waals surface area contributed by atoms with Gasteiger partial charge in [-0.25, -0.2) is 4.98 Å². The van der Waals surface area contributed by atoms with Crippen molar-refractivity contribution in [1.29, 1.82) is 0 Å². The van der Waals surface area contributed by atoms with Crippen LogP contribution in [0.25, 0.3) is 17.0 Å². The van der Waals surface area contributed by atoms with Crippen LogP contribution >= 0.6 is 0 Å². The first-order valence-electron chi connectivity index (χ1n) is 8.09. The minimum Gasteiger partial charge on any atom is -0.467 e. The predicted octanol–water partition coefficient (Wildman–Crippen LogP) is 2.11. The van der Waals surface area contributed by atoms with Gasteiger partial charge >= 0.3 is 0 Å². The summed E-state index contributed by atoms with van der Waals surface area (Å²) in [6.45, 7) is 0.436. The van der Waals surface area contributed by atoms with E-state index in [-0.39, 0.29) is 12.5 Å². The molecule has 0 spiro atoms. The number of rotatable bonds is 6. The Kier molecular flexibility index (Phi) is 4.29. The number of nitrogens with zero attached hydrogens (tertiary/aromatic N) is 4. The summed E-state index contributed by atoms with van der Waals surface area (Å²) < 4.78 is 6.75. The first kappa shape index (κ1) is 15.8. The molecule has 26 heavy (non-hydrogen) atoms. The average molecular weight is 348 g/mol. The Balaban J connectivity index is 1.50. The molecule has 0 unspecified atom stereocenters. The van der Waals surface area contributed by atoms with Crippen molar-refractivity contribution in [2.75, 3.05) is 11.9 Å². The summed E-state index contributed by atoms with van der Waals surface area (Å²) in [7, 11) is 0. The van der Waals surface area contributed by atoms with Crippen molar-refractivity contribution in [3.8, 4) is 11.3 Å². The lowest BCUT2D eigenvalue weighted by atomic mass is 10.1. The highest BCUT2D eigenvalue weighted by molar-refractivity contribution is 5.80. The molecule has 1 amide bonds. The van der Waals surface area contributed by atoms with Crippen LogP contribution < -0.4 is 10.6 Å². The van der Waals surface area contributed by atoms with Crippen molar-refractivity contribution in [2.24, 2.45) is 0 Å². The molecule has 0 aliphatic heterocycles. The van der Waals surface area contributed by atoms with Gasteiger partial charge in [-0.2, -0.15) is 14.6 Å². The Hall–Kier alpha value is -3.68. The normalized spacial score (nSPS) is 10.8. The van der Waals surface area contributed by atoms with Crippen molar-refractivity contribution >= 4 is 17.5 Å². The number of benzene rings is 1. The molecule has 0 saturated carbocycles. The van der Waals surface area contributed by atoms with Crippen molar-refractivity contribution < 1.29 is 9.21 Å². The fraction of sp³-hybridized carbons (Fsp3) is 0.111. The van der Waals surface area contributed by atoms with Crippen molar-refractivity contribution in [3.63, 3.8) is 0 Å². The second-order valence-corrected chi connectivity index (χ2v) is 5.57. The Labute approximate surface area is 148 Å². The molecule has 130 valence electrons. The highest BCUT2D eigenvalue weighted by atomic mass is 16.3. The number of amides is 1. The zero-order valence-electron chi connectivity index (χ0n) is 13.8. The van der Waals surface area contributed by atoms with Crippen molar-refractivity contribution in [2.45, 2.75) is 6.54 Å². The molecule has 0 bridgehead atoms. The van der Waals surface area contributed by atoms with E-state index in [0.29, 0.717) is 23.9 Å². The van der Waals surface area contributed by atoms with Gasteiger partial charge in [0.25, 0.3) is 5.78 Å². The predicted molar refractivity (Wildman–Crippen MR) is 95.3 cm³/mol. The molecule has 0 radical (unpaired) electrons. The van der Waals surface area contributed by atoms with E-state index in [1.165, 1.54) is 6.33 Å². The Morgan fingerprint density at radius 2 is 2.04 bits per heavy atom. The lowest BCUT2D eigenvalue weighted by molar-refractivity contribution is -0.119. The van der Waals surface area contributed by atoms with Crippen molar-refractivity contribution in [3.05, 3.63) is 66.9 Å². The lowest BCUT2D eigenvalue weighted by Crippen LogP contribution is -2.29.